The van der Waals surface area contributed by atoms with Crippen molar-refractivity contribution >= 4 is 27.0 Å². The van der Waals surface area contributed by atoms with Gasteiger partial charge in [-0.05, 0) is 52.4 Å². The summed E-state index contributed by atoms with van der Waals surface area (Å²) in [6.45, 7) is 7.52. The lowest BCUT2D eigenvalue weighted by Gasteiger charge is -2.31. The summed E-state index contributed by atoms with van der Waals surface area (Å²) in [5, 5.41) is 3.22. The minimum atomic E-state index is -3.16. The molecule has 0 radical (unpaired) electrons. The number of anilines is 1. The van der Waals surface area contributed by atoms with Crippen LogP contribution in [0, 0.1) is 12.8 Å². The molecule has 12 heteroatoms. The number of aryl methyl sites for hydroxylation is 2. The monoisotopic (exact) mass is 512 g/mol. The van der Waals surface area contributed by atoms with E-state index in [0.29, 0.717) is 49.1 Å². The van der Waals surface area contributed by atoms with E-state index in [4.69, 9.17) is 4.98 Å². The molecule has 0 aromatic carbocycles. The molecule has 36 heavy (non-hydrogen) atoms. The summed E-state index contributed by atoms with van der Waals surface area (Å²) in [6.07, 6.45) is 6.93. The van der Waals surface area contributed by atoms with Crippen molar-refractivity contribution in [1.29, 1.82) is 0 Å². The molecule has 3 aromatic rings. The molecule has 3 aromatic heterocycles. The molecule has 1 aliphatic carbocycles. The Bertz CT molecular complexity index is 1440. The van der Waals surface area contributed by atoms with Gasteiger partial charge in [-0.1, -0.05) is 0 Å². The predicted octanol–water partition coefficient (Wildman–Crippen LogP) is 2.32. The maximum atomic E-state index is 13.3. The van der Waals surface area contributed by atoms with E-state index in [1.807, 2.05) is 13.8 Å². The number of sulfonamides is 1. The maximum absolute atomic E-state index is 13.3. The summed E-state index contributed by atoms with van der Waals surface area (Å²) in [7, 11) is -3.16. The predicted molar refractivity (Wildman–Crippen MR) is 137 cm³/mol. The first-order valence-corrected chi connectivity index (χ1v) is 14.2. The van der Waals surface area contributed by atoms with Gasteiger partial charge in [0, 0.05) is 32.1 Å². The van der Waals surface area contributed by atoms with Crippen LogP contribution < -0.4 is 10.9 Å². The van der Waals surface area contributed by atoms with Gasteiger partial charge in [-0.2, -0.15) is 0 Å². The van der Waals surface area contributed by atoms with Crippen LogP contribution in [-0.2, 0) is 16.6 Å². The van der Waals surface area contributed by atoms with E-state index in [0.717, 1.165) is 42.6 Å². The molecule has 1 N–H and O–H groups in total. The average Bonchev–Trinajstić information content (AvgIpc) is 3.73. The highest BCUT2D eigenvalue weighted by molar-refractivity contribution is 7.89. The van der Waals surface area contributed by atoms with Gasteiger partial charge in [0.1, 0.15) is 11.8 Å². The van der Waals surface area contributed by atoms with Crippen LogP contribution in [0.25, 0.3) is 22.6 Å². The zero-order chi connectivity index (χ0) is 25.4. The maximum Gasteiger partial charge on any atom is 0.294 e. The molecule has 4 heterocycles. The Hall–Kier alpha value is -2.99. The topological polar surface area (TPSA) is 136 Å². The third-order valence-corrected chi connectivity index (χ3v) is 9.03. The second-order valence-corrected chi connectivity index (χ2v) is 11.8. The molecule has 0 amide bonds. The Morgan fingerprint density at radius 1 is 1.06 bits per heavy atom. The summed E-state index contributed by atoms with van der Waals surface area (Å²) in [5.41, 5.74) is 3.42. The fraction of sp³-hybridized carbons (Fsp3) is 0.583. The molecule has 5 rings (SSSR count). The highest BCUT2D eigenvalue weighted by Gasteiger charge is 2.30. The second kappa shape index (κ2) is 9.81. The van der Waals surface area contributed by atoms with Gasteiger partial charge >= 0.3 is 0 Å². The molecule has 0 spiro atoms. The number of hydrogen-bond acceptors (Lipinski definition) is 9. The van der Waals surface area contributed by atoms with Crippen molar-refractivity contribution < 1.29 is 8.42 Å². The van der Waals surface area contributed by atoms with Crippen LogP contribution in [0.15, 0.2) is 17.3 Å². The Balaban J connectivity index is 1.39. The van der Waals surface area contributed by atoms with E-state index < -0.39 is 10.0 Å². The number of fused-ring (bicyclic) bond motifs is 1. The Kier molecular flexibility index (Phi) is 6.73. The zero-order valence-corrected chi connectivity index (χ0v) is 21.8. The van der Waals surface area contributed by atoms with Crippen molar-refractivity contribution in [3.05, 3.63) is 34.3 Å². The molecule has 2 fully saturated rings. The normalized spacial score (nSPS) is 17.5. The highest BCUT2D eigenvalue weighted by atomic mass is 32.2. The highest BCUT2D eigenvalue weighted by Crippen LogP contribution is 2.43. The van der Waals surface area contributed by atoms with E-state index in [9.17, 15) is 13.2 Å². The Morgan fingerprint density at radius 3 is 2.47 bits per heavy atom. The van der Waals surface area contributed by atoms with Crippen LogP contribution in [-0.4, -0.2) is 67.6 Å². The number of rotatable bonds is 8. The first-order chi connectivity index (χ1) is 17.3. The van der Waals surface area contributed by atoms with Crippen molar-refractivity contribution in [2.24, 2.45) is 5.92 Å². The average molecular weight is 513 g/mol. The Morgan fingerprint density at radius 2 is 1.81 bits per heavy atom. The third-order valence-electron chi connectivity index (χ3n) is 7.15. The number of piperidine rings is 1. The molecule has 0 bridgehead atoms. The van der Waals surface area contributed by atoms with Crippen LogP contribution >= 0.6 is 0 Å². The van der Waals surface area contributed by atoms with Gasteiger partial charge < -0.3 is 5.32 Å². The van der Waals surface area contributed by atoms with E-state index in [2.05, 4.69) is 25.3 Å². The molecule has 0 atom stereocenters. The fourth-order valence-corrected chi connectivity index (χ4v) is 5.95. The van der Waals surface area contributed by atoms with Gasteiger partial charge in [0.15, 0.2) is 17.3 Å². The molecule has 1 aliphatic heterocycles. The van der Waals surface area contributed by atoms with Crippen LogP contribution in [0.5, 0.6) is 0 Å². The summed E-state index contributed by atoms with van der Waals surface area (Å²) >= 11 is 0. The molecule has 11 nitrogen and oxygen atoms in total. The van der Waals surface area contributed by atoms with E-state index in [1.165, 1.54) is 0 Å². The van der Waals surface area contributed by atoms with Gasteiger partial charge in [-0.3, -0.25) is 9.36 Å². The molecule has 192 valence electrons. The standard InChI is InChI=1S/C24H32N8O3S/c1-4-32-23-18(13-26-21(30-23)19-15(3)27-14-28-20(19)17-6-7-17)29-22(24(32)33)25-12-16-8-10-31(11-9-16)36(34,35)5-2/h13-14,16-17H,4-12H2,1-3H3,(H,25,29). The number of nitrogens with zero attached hydrogens (tertiary/aromatic N) is 7. The molecule has 1 saturated carbocycles. The van der Waals surface area contributed by atoms with E-state index >= 15 is 0 Å². The van der Waals surface area contributed by atoms with Crippen LogP contribution in [0.3, 0.4) is 0 Å². The Labute approximate surface area is 210 Å². The fourth-order valence-electron chi connectivity index (χ4n) is 4.82. The first-order valence-electron chi connectivity index (χ1n) is 12.6. The van der Waals surface area contributed by atoms with Crippen molar-refractivity contribution in [3.63, 3.8) is 0 Å². The van der Waals surface area contributed by atoms with Gasteiger partial charge in [0.05, 0.1) is 28.9 Å². The van der Waals surface area contributed by atoms with Crippen molar-refractivity contribution in [2.75, 3.05) is 30.7 Å². The lowest BCUT2D eigenvalue weighted by atomic mass is 9.98. The number of hydrogen-bond donors (Lipinski definition) is 1. The minimum absolute atomic E-state index is 0.121. The van der Waals surface area contributed by atoms with Crippen molar-refractivity contribution in [3.8, 4) is 11.4 Å². The third kappa shape index (κ3) is 4.71. The summed E-state index contributed by atoms with van der Waals surface area (Å²) < 4.78 is 27.4. The molecular weight excluding hydrogens is 480 g/mol. The molecule has 0 unspecified atom stereocenters. The van der Waals surface area contributed by atoms with Gasteiger partial charge in [-0.15, -0.1) is 0 Å². The first kappa shape index (κ1) is 24.7. The lowest BCUT2D eigenvalue weighted by molar-refractivity contribution is 0.282. The van der Waals surface area contributed by atoms with Crippen LogP contribution in [0.1, 0.15) is 56.8 Å². The van der Waals surface area contributed by atoms with Crippen LogP contribution in [0.4, 0.5) is 5.82 Å². The second-order valence-electron chi connectivity index (χ2n) is 9.53. The quantitative estimate of drug-likeness (QED) is 0.482. The SMILES string of the molecule is CCn1c(=O)c(NCC2CCN(S(=O)(=O)CC)CC2)nc2cnc(-c3c(C)ncnc3C3CC3)nc21. The van der Waals surface area contributed by atoms with E-state index in [-0.39, 0.29) is 23.0 Å². The summed E-state index contributed by atoms with van der Waals surface area (Å²) in [6, 6.07) is 0. The molecule has 1 saturated heterocycles. The largest absolute Gasteiger partial charge is 0.365 e. The number of nitrogens with one attached hydrogen (secondary N) is 1. The van der Waals surface area contributed by atoms with Gasteiger partial charge in [0.25, 0.3) is 5.56 Å². The smallest absolute Gasteiger partial charge is 0.294 e. The minimum Gasteiger partial charge on any atom is -0.365 e. The van der Waals surface area contributed by atoms with Crippen molar-refractivity contribution in [2.45, 2.75) is 58.9 Å². The molecule has 2 aliphatic rings. The van der Waals surface area contributed by atoms with E-state index in [1.54, 1.807) is 28.3 Å². The van der Waals surface area contributed by atoms with Crippen molar-refractivity contribution in [1.82, 2.24) is 33.8 Å². The lowest BCUT2D eigenvalue weighted by Crippen LogP contribution is -2.40. The summed E-state index contributed by atoms with van der Waals surface area (Å²) in [4.78, 5) is 36.0. The van der Waals surface area contributed by atoms with Gasteiger partial charge in [-0.25, -0.2) is 37.6 Å². The zero-order valence-electron chi connectivity index (χ0n) is 20.9. The summed E-state index contributed by atoms with van der Waals surface area (Å²) in [5.74, 6) is 1.58. The number of aromatic nitrogens is 6. The molecular formula is C24H32N8O3S. The van der Waals surface area contributed by atoms with Gasteiger partial charge in [0.2, 0.25) is 10.0 Å². The van der Waals surface area contributed by atoms with Crippen LogP contribution in [0.2, 0.25) is 0 Å².